The van der Waals surface area contributed by atoms with Crippen molar-refractivity contribution in [1.29, 1.82) is 0 Å². The highest BCUT2D eigenvalue weighted by atomic mass is 16.2. The fourth-order valence-corrected chi connectivity index (χ4v) is 2.04. The molecule has 0 unspecified atom stereocenters. The summed E-state index contributed by atoms with van der Waals surface area (Å²) in [4.78, 5) is 31.3. The van der Waals surface area contributed by atoms with Crippen LogP contribution in [0.4, 0.5) is 0 Å². The Labute approximate surface area is 112 Å². The number of rotatable bonds is 3. The second kappa shape index (κ2) is 5.79. The molecule has 1 fully saturated rings. The molecule has 102 valence electrons. The van der Waals surface area contributed by atoms with Gasteiger partial charge in [0.1, 0.15) is 5.69 Å². The van der Waals surface area contributed by atoms with E-state index in [4.69, 9.17) is 5.73 Å². The van der Waals surface area contributed by atoms with Gasteiger partial charge in [-0.25, -0.2) is 4.98 Å². The van der Waals surface area contributed by atoms with E-state index in [9.17, 15) is 9.59 Å². The monoisotopic (exact) mass is 262 g/mol. The molecule has 1 saturated heterocycles. The molecular weight excluding hydrogens is 244 g/mol. The third-order valence-corrected chi connectivity index (χ3v) is 3.25. The fourth-order valence-electron chi connectivity index (χ4n) is 2.04. The maximum atomic E-state index is 12.1. The lowest BCUT2D eigenvalue weighted by Gasteiger charge is -2.32. The molecule has 1 aliphatic heterocycles. The van der Waals surface area contributed by atoms with Crippen LogP contribution in [0.5, 0.6) is 0 Å². The molecule has 2 N–H and O–H groups in total. The van der Waals surface area contributed by atoms with Crippen LogP contribution in [0.1, 0.15) is 16.2 Å². The summed E-state index contributed by atoms with van der Waals surface area (Å²) in [6, 6.07) is 4.98. The summed E-state index contributed by atoms with van der Waals surface area (Å²) >= 11 is 0. The number of piperazine rings is 1. The Bertz CT molecular complexity index is 481. The van der Waals surface area contributed by atoms with Crippen molar-refractivity contribution in [2.75, 3.05) is 33.2 Å². The molecule has 0 atom stereocenters. The Morgan fingerprint density at radius 2 is 1.95 bits per heavy atom. The molecule has 1 aromatic heterocycles. The average molecular weight is 262 g/mol. The zero-order valence-corrected chi connectivity index (χ0v) is 11.0. The molecule has 0 aromatic carbocycles. The normalized spacial score (nSPS) is 16.4. The summed E-state index contributed by atoms with van der Waals surface area (Å²) < 4.78 is 0. The lowest BCUT2D eigenvalue weighted by molar-refractivity contribution is -0.132. The van der Waals surface area contributed by atoms with Crippen LogP contribution in [0.3, 0.4) is 0 Å². The number of amides is 2. The first-order valence-electron chi connectivity index (χ1n) is 6.28. The van der Waals surface area contributed by atoms with Gasteiger partial charge >= 0.3 is 0 Å². The first-order valence-corrected chi connectivity index (χ1v) is 6.28. The second-order valence-electron chi connectivity index (χ2n) is 4.74. The molecule has 6 nitrogen and oxygen atoms in total. The average Bonchev–Trinajstić information content (AvgIpc) is 2.39. The van der Waals surface area contributed by atoms with Crippen LogP contribution in [0.2, 0.25) is 0 Å². The van der Waals surface area contributed by atoms with Gasteiger partial charge in [0.2, 0.25) is 5.91 Å². The summed E-state index contributed by atoms with van der Waals surface area (Å²) in [6.45, 7) is 3.26. The van der Waals surface area contributed by atoms with Gasteiger partial charge in [-0.2, -0.15) is 0 Å². The highest BCUT2D eigenvalue weighted by Crippen LogP contribution is 2.05. The van der Waals surface area contributed by atoms with Gasteiger partial charge < -0.3 is 15.5 Å². The molecule has 1 aliphatic rings. The Morgan fingerprint density at radius 3 is 2.58 bits per heavy atom. The first kappa shape index (κ1) is 13.5. The molecule has 0 bridgehead atoms. The van der Waals surface area contributed by atoms with Gasteiger partial charge in [-0.1, -0.05) is 6.07 Å². The number of likely N-dealkylation sites (N-methyl/N-ethyl adjacent to an activating group) is 1. The Kier molecular flexibility index (Phi) is 4.11. The standard InChI is InChI=1S/C13H18N4O2/c1-16-5-7-17(8-6-16)12(18)9-10-3-2-4-11(15-10)13(14)19/h2-4H,5-9H2,1H3,(H2,14,19). The summed E-state index contributed by atoms with van der Waals surface area (Å²) in [5.41, 5.74) is 5.95. The van der Waals surface area contributed by atoms with E-state index in [0.29, 0.717) is 5.69 Å². The van der Waals surface area contributed by atoms with E-state index in [1.807, 2.05) is 11.9 Å². The van der Waals surface area contributed by atoms with E-state index in [-0.39, 0.29) is 18.0 Å². The summed E-state index contributed by atoms with van der Waals surface area (Å²) in [7, 11) is 2.04. The van der Waals surface area contributed by atoms with Gasteiger partial charge in [0.05, 0.1) is 12.1 Å². The molecule has 6 heteroatoms. The Balaban J connectivity index is 1.98. The number of primary amides is 1. The van der Waals surface area contributed by atoms with Crippen LogP contribution < -0.4 is 5.73 Å². The number of pyridine rings is 1. The van der Waals surface area contributed by atoms with Gasteiger partial charge in [-0.15, -0.1) is 0 Å². The largest absolute Gasteiger partial charge is 0.364 e. The molecular formula is C13H18N4O2. The molecule has 19 heavy (non-hydrogen) atoms. The first-order chi connectivity index (χ1) is 9.06. The van der Waals surface area contributed by atoms with Crippen molar-refractivity contribution in [1.82, 2.24) is 14.8 Å². The maximum Gasteiger partial charge on any atom is 0.267 e. The van der Waals surface area contributed by atoms with E-state index >= 15 is 0 Å². The molecule has 2 rings (SSSR count). The summed E-state index contributed by atoms with van der Waals surface area (Å²) in [5, 5.41) is 0. The van der Waals surface area contributed by atoms with Crippen LogP contribution in [0.25, 0.3) is 0 Å². The smallest absolute Gasteiger partial charge is 0.267 e. The minimum Gasteiger partial charge on any atom is -0.364 e. The van der Waals surface area contributed by atoms with Crippen LogP contribution in [-0.2, 0) is 11.2 Å². The summed E-state index contributed by atoms with van der Waals surface area (Å²) in [6.07, 6.45) is 0.213. The molecule has 0 aliphatic carbocycles. The number of aromatic nitrogens is 1. The van der Waals surface area contributed by atoms with Crippen molar-refractivity contribution >= 4 is 11.8 Å². The van der Waals surface area contributed by atoms with E-state index in [0.717, 1.165) is 26.2 Å². The van der Waals surface area contributed by atoms with Gasteiger partial charge in [0.15, 0.2) is 0 Å². The molecule has 2 heterocycles. The predicted octanol–water partition coefficient (Wildman–Crippen LogP) is -0.503. The number of carbonyl (C=O) groups is 2. The lowest BCUT2D eigenvalue weighted by atomic mass is 10.2. The highest BCUT2D eigenvalue weighted by molar-refractivity contribution is 5.90. The van der Waals surface area contributed by atoms with Crippen molar-refractivity contribution in [2.24, 2.45) is 5.73 Å². The number of hydrogen-bond acceptors (Lipinski definition) is 4. The second-order valence-corrected chi connectivity index (χ2v) is 4.74. The molecule has 2 amide bonds. The lowest BCUT2D eigenvalue weighted by Crippen LogP contribution is -2.47. The number of hydrogen-bond donors (Lipinski definition) is 1. The van der Waals surface area contributed by atoms with E-state index in [1.165, 1.54) is 0 Å². The zero-order valence-electron chi connectivity index (χ0n) is 11.0. The van der Waals surface area contributed by atoms with Crippen LogP contribution >= 0.6 is 0 Å². The summed E-state index contributed by atoms with van der Waals surface area (Å²) in [5.74, 6) is -0.531. The maximum absolute atomic E-state index is 12.1. The topological polar surface area (TPSA) is 79.5 Å². The Morgan fingerprint density at radius 1 is 1.26 bits per heavy atom. The van der Waals surface area contributed by atoms with Crippen LogP contribution in [0.15, 0.2) is 18.2 Å². The number of nitrogens with zero attached hydrogens (tertiary/aromatic N) is 3. The van der Waals surface area contributed by atoms with E-state index < -0.39 is 5.91 Å². The zero-order chi connectivity index (χ0) is 13.8. The van der Waals surface area contributed by atoms with Gasteiger partial charge in [0.25, 0.3) is 5.91 Å². The molecule has 1 aromatic rings. The quantitative estimate of drug-likeness (QED) is 0.796. The van der Waals surface area contributed by atoms with Crippen molar-refractivity contribution < 1.29 is 9.59 Å². The predicted molar refractivity (Wildman–Crippen MR) is 70.5 cm³/mol. The van der Waals surface area contributed by atoms with Gasteiger partial charge in [-0.3, -0.25) is 9.59 Å². The van der Waals surface area contributed by atoms with Gasteiger partial charge in [0, 0.05) is 26.2 Å². The van der Waals surface area contributed by atoms with Crippen molar-refractivity contribution in [3.8, 4) is 0 Å². The number of nitrogens with two attached hydrogens (primary N) is 1. The Hall–Kier alpha value is -1.95. The van der Waals surface area contributed by atoms with Crippen molar-refractivity contribution in [2.45, 2.75) is 6.42 Å². The van der Waals surface area contributed by atoms with Crippen molar-refractivity contribution in [3.05, 3.63) is 29.6 Å². The van der Waals surface area contributed by atoms with Crippen LogP contribution in [0, 0.1) is 0 Å². The molecule has 0 spiro atoms. The highest BCUT2D eigenvalue weighted by Gasteiger charge is 2.19. The minimum atomic E-state index is -0.575. The molecule has 0 radical (unpaired) electrons. The van der Waals surface area contributed by atoms with E-state index in [2.05, 4.69) is 9.88 Å². The third kappa shape index (κ3) is 3.51. The fraction of sp³-hybridized carbons (Fsp3) is 0.462. The van der Waals surface area contributed by atoms with Gasteiger partial charge in [-0.05, 0) is 19.2 Å². The van der Waals surface area contributed by atoms with Crippen molar-refractivity contribution in [3.63, 3.8) is 0 Å². The minimum absolute atomic E-state index is 0.0437. The van der Waals surface area contributed by atoms with E-state index in [1.54, 1.807) is 18.2 Å². The number of carbonyl (C=O) groups excluding carboxylic acids is 2. The molecule has 0 saturated carbocycles. The third-order valence-electron chi connectivity index (χ3n) is 3.25. The SMILES string of the molecule is CN1CCN(C(=O)Cc2cccc(C(N)=O)n2)CC1. The van der Waals surface area contributed by atoms with Crippen LogP contribution in [-0.4, -0.2) is 59.8 Å².